The van der Waals surface area contributed by atoms with Gasteiger partial charge in [0.1, 0.15) is 12.0 Å². The quantitative estimate of drug-likeness (QED) is 0.852. The van der Waals surface area contributed by atoms with Crippen LogP contribution in [0.25, 0.3) is 0 Å². The van der Waals surface area contributed by atoms with Crippen molar-refractivity contribution in [2.45, 2.75) is 6.92 Å². The van der Waals surface area contributed by atoms with Crippen LogP contribution in [0.15, 0.2) is 24.5 Å². The van der Waals surface area contributed by atoms with Crippen molar-refractivity contribution >= 4 is 46.4 Å². The van der Waals surface area contributed by atoms with E-state index in [1.54, 1.807) is 25.1 Å². The summed E-state index contributed by atoms with van der Waals surface area (Å²) in [4.78, 5) is 19.7. The second kappa shape index (κ2) is 5.74. The average Bonchev–Trinajstić information content (AvgIpc) is 2.37. The van der Waals surface area contributed by atoms with Gasteiger partial charge in [0.25, 0.3) is 5.91 Å². The molecule has 1 heterocycles. The first-order valence-corrected chi connectivity index (χ1v) is 6.36. The number of hydrogen-bond donors (Lipinski definition) is 1. The Kier molecular flexibility index (Phi) is 4.24. The van der Waals surface area contributed by atoms with Crippen molar-refractivity contribution in [2.24, 2.45) is 0 Å². The third-order valence-electron chi connectivity index (χ3n) is 2.44. The Morgan fingerprint density at radius 1 is 1.16 bits per heavy atom. The van der Waals surface area contributed by atoms with E-state index in [9.17, 15) is 4.79 Å². The normalized spacial score (nSPS) is 10.3. The fourth-order valence-corrected chi connectivity index (χ4v) is 2.05. The molecule has 0 aliphatic carbocycles. The van der Waals surface area contributed by atoms with E-state index in [0.717, 1.165) is 5.56 Å². The van der Waals surface area contributed by atoms with Crippen molar-refractivity contribution in [3.63, 3.8) is 0 Å². The molecule has 0 radical (unpaired) electrons. The van der Waals surface area contributed by atoms with Gasteiger partial charge in [0, 0.05) is 10.6 Å². The minimum Gasteiger partial charge on any atom is -0.317 e. The van der Waals surface area contributed by atoms with Crippen LogP contribution in [0.3, 0.4) is 0 Å². The average molecular weight is 317 g/mol. The zero-order valence-electron chi connectivity index (χ0n) is 9.75. The van der Waals surface area contributed by atoms with Crippen LogP contribution in [0.4, 0.5) is 5.69 Å². The zero-order chi connectivity index (χ0) is 14.0. The SMILES string of the molecule is Cc1ccc(Cl)cc1C(=O)Nc1c(Cl)ncnc1Cl. The van der Waals surface area contributed by atoms with E-state index in [4.69, 9.17) is 34.8 Å². The van der Waals surface area contributed by atoms with Gasteiger partial charge < -0.3 is 5.32 Å². The highest BCUT2D eigenvalue weighted by Gasteiger charge is 2.15. The molecular weight excluding hydrogens is 309 g/mol. The lowest BCUT2D eigenvalue weighted by Crippen LogP contribution is -2.14. The summed E-state index contributed by atoms with van der Waals surface area (Å²) in [6.07, 6.45) is 1.21. The highest BCUT2D eigenvalue weighted by Crippen LogP contribution is 2.27. The number of amides is 1. The maximum Gasteiger partial charge on any atom is 0.256 e. The van der Waals surface area contributed by atoms with Crippen LogP contribution in [0.5, 0.6) is 0 Å². The predicted molar refractivity (Wildman–Crippen MR) is 76.2 cm³/mol. The van der Waals surface area contributed by atoms with Crippen molar-refractivity contribution in [3.8, 4) is 0 Å². The molecule has 19 heavy (non-hydrogen) atoms. The number of carbonyl (C=O) groups excluding carboxylic acids is 1. The van der Waals surface area contributed by atoms with Gasteiger partial charge in [-0.05, 0) is 24.6 Å². The smallest absolute Gasteiger partial charge is 0.256 e. The lowest BCUT2D eigenvalue weighted by atomic mass is 10.1. The van der Waals surface area contributed by atoms with E-state index in [1.165, 1.54) is 6.33 Å². The third kappa shape index (κ3) is 3.15. The number of benzene rings is 1. The summed E-state index contributed by atoms with van der Waals surface area (Å²) >= 11 is 17.6. The van der Waals surface area contributed by atoms with Crippen LogP contribution in [-0.2, 0) is 0 Å². The minimum absolute atomic E-state index is 0.0769. The molecule has 0 fully saturated rings. The third-order valence-corrected chi connectivity index (χ3v) is 3.25. The number of rotatable bonds is 2. The summed E-state index contributed by atoms with van der Waals surface area (Å²) < 4.78 is 0. The first kappa shape index (κ1) is 14.1. The molecule has 1 N–H and O–H groups in total. The lowest BCUT2D eigenvalue weighted by Gasteiger charge is -2.09. The van der Waals surface area contributed by atoms with Gasteiger partial charge in [-0.2, -0.15) is 0 Å². The summed E-state index contributed by atoms with van der Waals surface area (Å²) in [5, 5.41) is 3.20. The molecule has 0 unspecified atom stereocenters. The summed E-state index contributed by atoms with van der Waals surface area (Å²) in [5.74, 6) is -0.376. The summed E-state index contributed by atoms with van der Waals surface area (Å²) in [6.45, 7) is 1.80. The van der Waals surface area contributed by atoms with E-state index in [2.05, 4.69) is 15.3 Å². The Morgan fingerprint density at radius 3 is 2.42 bits per heavy atom. The van der Waals surface area contributed by atoms with Crippen molar-refractivity contribution in [3.05, 3.63) is 51.0 Å². The molecule has 0 saturated heterocycles. The van der Waals surface area contributed by atoms with Gasteiger partial charge in [0.05, 0.1) is 0 Å². The second-order valence-electron chi connectivity index (χ2n) is 3.74. The fraction of sp³-hybridized carbons (Fsp3) is 0.0833. The number of aryl methyl sites for hydroxylation is 1. The van der Waals surface area contributed by atoms with E-state index in [0.29, 0.717) is 10.6 Å². The Balaban J connectivity index is 2.34. The number of nitrogens with zero attached hydrogens (tertiary/aromatic N) is 2. The van der Waals surface area contributed by atoms with Gasteiger partial charge >= 0.3 is 0 Å². The van der Waals surface area contributed by atoms with Gasteiger partial charge in [-0.15, -0.1) is 0 Å². The highest BCUT2D eigenvalue weighted by molar-refractivity contribution is 6.38. The first-order valence-electron chi connectivity index (χ1n) is 5.22. The lowest BCUT2D eigenvalue weighted by molar-refractivity contribution is 0.102. The van der Waals surface area contributed by atoms with Gasteiger partial charge in [-0.1, -0.05) is 40.9 Å². The van der Waals surface area contributed by atoms with Gasteiger partial charge in [-0.3, -0.25) is 4.79 Å². The molecule has 0 bridgehead atoms. The largest absolute Gasteiger partial charge is 0.317 e. The maximum atomic E-state index is 12.1. The Hall–Kier alpha value is -1.36. The Morgan fingerprint density at radius 2 is 1.79 bits per heavy atom. The summed E-state index contributed by atoms with van der Waals surface area (Å²) in [5.41, 5.74) is 1.39. The predicted octanol–water partition coefficient (Wildman–Crippen LogP) is 4.00. The standard InChI is InChI=1S/C12H8Cl3N3O/c1-6-2-3-7(13)4-8(6)12(19)18-9-10(14)16-5-17-11(9)15/h2-5H,1H3,(H,18,19). The molecule has 1 amide bonds. The molecule has 7 heteroatoms. The molecule has 1 aromatic carbocycles. The molecule has 0 atom stereocenters. The van der Waals surface area contributed by atoms with E-state index in [1.807, 2.05) is 0 Å². The number of hydrogen-bond acceptors (Lipinski definition) is 3. The van der Waals surface area contributed by atoms with Crippen LogP contribution in [0, 0.1) is 6.92 Å². The molecular formula is C12H8Cl3N3O. The van der Waals surface area contributed by atoms with Crippen molar-refractivity contribution in [2.75, 3.05) is 5.32 Å². The van der Waals surface area contributed by atoms with Crippen molar-refractivity contribution < 1.29 is 4.79 Å². The highest BCUT2D eigenvalue weighted by atomic mass is 35.5. The number of halogens is 3. The first-order chi connectivity index (χ1) is 8.99. The van der Waals surface area contributed by atoms with Crippen LogP contribution in [-0.4, -0.2) is 15.9 Å². The number of aromatic nitrogens is 2. The zero-order valence-corrected chi connectivity index (χ0v) is 12.0. The Bertz CT molecular complexity index is 626. The van der Waals surface area contributed by atoms with Gasteiger partial charge in [-0.25, -0.2) is 9.97 Å². The maximum absolute atomic E-state index is 12.1. The van der Waals surface area contributed by atoms with E-state index < -0.39 is 0 Å². The number of anilines is 1. The fourth-order valence-electron chi connectivity index (χ4n) is 1.47. The van der Waals surface area contributed by atoms with Crippen LogP contribution in [0.2, 0.25) is 15.3 Å². The van der Waals surface area contributed by atoms with Crippen LogP contribution < -0.4 is 5.32 Å². The summed E-state index contributed by atoms with van der Waals surface area (Å²) in [6, 6.07) is 5.03. The van der Waals surface area contributed by atoms with Gasteiger partial charge in [0.2, 0.25) is 0 Å². The van der Waals surface area contributed by atoms with E-state index >= 15 is 0 Å². The minimum atomic E-state index is -0.376. The Labute approximate surface area is 124 Å². The molecule has 4 nitrogen and oxygen atoms in total. The van der Waals surface area contributed by atoms with Crippen molar-refractivity contribution in [1.82, 2.24) is 9.97 Å². The monoisotopic (exact) mass is 315 g/mol. The van der Waals surface area contributed by atoms with Crippen LogP contribution >= 0.6 is 34.8 Å². The molecule has 0 spiro atoms. The topological polar surface area (TPSA) is 54.9 Å². The van der Waals surface area contributed by atoms with Crippen molar-refractivity contribution in [1.29, 1.82) is 0 Å². The molecule has 0 aliphatic rings. The molecule has 0 saturated carbocycles. The number of carbonyl (C=O) groups is 1. The molecule has 0 aliphatic heterocycles. The van der Waals surface area contributed by atoms with E-state index in [-0.39, 0.29) is 21.9 Å². The second-order valence-corrected chi connectivity index (χ2v) is 4.90. The molecule has 1 aromatic heterocycles. The molecule has 2 rings (SSSR count). The number of nitrogens with one attached hydrogen (secondary N) is 1. The molecule has 2 aromatic rings. The van der Waals surface area contributed by atoms with Gasteiger partial charge in [0.15, 0.2) is 10.3 Å². The van der Waals surface area contributed by atoms with Crippen LogP contribution in [0.1, 0.15) is 15.9 Å². The summed E-state index contributed by atoms with van der Waals surface area (Å²) in [7, 11) is 0. The molecule has 98 valence electrons.